The number of benzene rings is 2. The average Bonchev–Trinajstić information content (AvgIpc) is 3.06. The number of alkyl carbamates (subject to hydrolysis) is 1. The second-order valence-corrected chi connectivity index (χ2v) is 6.97. The first-order chi connectivity index (χ1) is 14.0. The molecule has 1 heterocycles. The zero-order valence-electron chi connectivity index (χ0n) is 16.1. The molecule has 154 valence electrons. The summed E-state index contributed by atoms with van der Waals surface area (Å²) >= 11 is 0. The fourth-order valence-corrected chi connectivity index (χ4v) is 3.28. The molecule has 9 heteroatoms. The maximum Gasteiger partial charge on any atom is 0.488 e. The van der Waals surface area contributed by atoms with Crippen LogP contribution in [0.25, 0.3) is 0 Å². The highest BCUT2D eigenvalue weighted by Crippen LogP contribution is 2.19. The van der Waals surface area contributed by atoms with Crippen molar-refractivity contribution in [1.82, 2.24) is 10.6 Å². The standard InChI is InChI=1S/C20H25BN2O6/c1-28-16-8-4-13(5-9-16)10-17-19(18(24)12-22-17)29-20(25)23-11-14-2-6-15(7-3-14)21(26)27/h2-9,17-19,22,24,26-27H,10-12H2,1H3,(H,23,25)/t17-,18+,19+/m1/s1. The van der Waals surface area contributed by atoms with E-state index in [9.17, 15) is 9.90 Å². The first-order valence-corrected chi connectivity index (χ1v) is 9.40. The molecule has 3 rings (SSSR count). The van der Waals surface area contributed by atoms with E-state index in [0.29, 0.717) is 18.4 Å². The minimum atomic E-state index is -1.53. The van der Waals surface area contributed by atoms with Crippen molar-refractivity contribution in [2.24, 2.45) is 0 Å². The summed E-state index contributed by atoms with van der Waals surface area (Å²) in [6.45, 7) is 0.573. The van der Waals surface area contributed by atoms with Crippen LogP contribution in [-0.4, -0.2) is 60.3 Å². The Balaban J connectivity index is 1.52. The minimum absolute atomic E-state index is 0.200. The van der Waals surface area contributed by atoms with Crippen molar-refractivity contribution in [3.8, 4) is 5.75 Å². The van der Waals surface area contributed by atoms with E-state index in [4.69, 9.17) is 19.5 Å². The number of carbonyl (C=O) groups excluding carboxylic acids is 1. The van der Waals surface area contributed by atoms with Gasteiger partial charge in [0.15, 0.2) is 0 Å². The Morgan fingerprint density at radius 2 is 1.79 bits per heavy atom. The van der Waals surface area contributed by atoms with E-state index >= 15 is 0 Å². The number of hydrogen-bond acceptors (Lipinski definition) is 7. The first kappa shape index (κ1) is 21.1. The number of ether oxygens (including phenoxy) is 2. The lowest BCUT2D eigenvalue weighted by molar-refractivity contribution is 0.0188. The Morgan fingerprint density at radius 3 is 2.41 bits per heavy atom. The molecule has 3 atom stereocenters. The van der Waals surface area contributed by atoms with Gasteiger partial charge in [0.1, 0.15) is 18.0 Å². The molecular weight excluding hydrogens is 375 g/mol. The van der Waals surface area contributed by atoms with Crippen molar-refractivity contribution in [2.45, 2.75) is 31.2 Å². The number of β-amino-alcohol motifs (C(OH)–C–C–N with tert-alkyl or cyclic N) is 1. The third-order valence-electron chi connectivity index (χ3n) is 4.94. The summed E-state index contributed by atoms with van der Waals surface area (Å²) in [6.07, 6.45) is -1.47. The van der Waals surface area contributed by atoms with Gasteiger partial charge in [0.2, 0.25) is 0 Å². The van der Waals surface area contributed by atoms with Gasteiger partial charge >= 0.3 is 13.2 Å². The number of aliphatic hydroxyl groups is 1. The summed E-state index contributed by atoms with van der Waals surface area (Å²) in [4.78, 5) is 12.2. The number of methoxy groups -OCH3 is 1. The van der Waals surface area contributed by atoms with Crippen molar-refractivity contribution in [3.63, 3.8) is 0 Å². The minimum Gasteiger partial charge on any atom is -0.497 e. The molecule has 1 amide bonds. The van der Waals surface area contributed by atoms with E-state index in [1.54, 1.807) is 31.4 Å². The third-order valence-corrected chi connectivity index (χ3v) is 4.94. The molecule has 8 nitrogen and oxygen atoms in total. The summed E-state index contributed by atoms with van der Waals surface area (Å²) < 4.78 is 10.6. The van der Waals surface area contributed by atoms with E-state index in [-0.39, 0.29) is 12.6 Å². The van der Waals surface area contributed by atoms with Crippen molar-refractivity contribution in [3.05, 3.63) is 59.7 Å². The summed E-state index contributed by atoms with van der Waals surface area (Å²) in [7, 11) is 0.0810. The molecular formula is C20H25BN2O6. The summed E-state index contributed by atoms with van der Waals surface area (Å²) in [5, 5.41) is 34.3. The molecule has 2 aromatic carbocycles. The van der Waals surface area contributed by atoms with Crippen LogP contribution in [0.1, 0.15) is 11.1 Å². The molecule has 1 aliphatic heterocycles. The zero-order chi connectivity index (χ0) is 20.8. The molecule has 1 aliphatic rings. The van der Waals surface area contributed by atoms with Gasteiger partial charge in [0, 0.05) is 13.1 Å². The van der Waals surface area contributed by atoms with Crippen molar-refractivity contribution in [1.29, 1.82) is 0 Å². The first-order valence-electron chi connectivity index (χ1n) is 9.40. The second kappa shape index (κ2) is 9.75. The molecule has 0 aliphatic carbocycles. The summed E-state index contributed by atoms with van der Waals surface area (Å²) in [6, 6.07) is 13.9. The molecule has 5 N–H and O–H groups in total. The van der Waals surface area contributed by atoms with Crippen LogP contribution in [0.3, 0.4) is 0 Å². The molecule has 29 heavy (non-hydrogen) atoms. The molecule has 1 fully saturated rings. The van der Waals surface area contributed by atoms with Gasteiger partial charge in [-0.05, 0) is 35.1 Å². The van der Waals surface area contributed by atoms with Gasteiger partial charge in [0.25, 0.3) is 0 Å². The fourth-order valence-electron chi connectivity index (χ4n) is 3.28. The van der Waals surface area contributed by atoms with Gasteiger partial charge in [-0.2, -0.15) is 0 Å². The molecule has 0 radical (unpaired) electrons. The second-order valence-electron chi connectivity index (χ2n) is 6.97. The van der Waals surface area contributed by atoms with Crippen LogP contribution in [-0.2, 0) is 17.7 Å². The van der Waals surface area contributed by atoms with Crippen LogP contribution in [0.4, 0.5) is 4.79 Å². The molecule has 0 bridgehead atoms. The maximum atomic E-state index is 12.2. The third kappa shape index (κ3) is 5.71. The van der Waals surface area contributed by atoms with Crippen LogP contribution in [0.2, 0.25) is 0 Å². The van der Waals surface area contributed by atoms with Gasteiger partial charge in [-0.1, -0.05) is 36.4 Å². The number of aliphatic hydroxyl groups excluding tert-OH is 1. The van der Waals surface area contributed by atoms with Crippen LogP contribution in [0.15, 0.2) is 48.5 Å². The SMILES string of the molecule is COc1ccc(C[C@H]2NC[C@H](O)[C@H]2OC(=O)NCc2ccc(B(O)O)cc2)cc1. The van der Waals surface area contributed by atoms with Crippen molar-refractivity contribution >= 4 is 18.7 Å². The normalized spacial score (nSPS) is 20.9. The van der Waals surface area contributed by atoms with Gasteiger partial charge in [0.05, 0.1) is 13.2 Å². The van der Waals surface area contributed by atoms with E-state index in [0.717, 1.165) is 16.9 Å². The molecule has 0 aromatic heterocycles. The highest BCUT2D eigenvalue weighted by atomic mass is 16.6. The predicted octanol–water partition coefficient (Wildman–Crippen LogP) is -0.455. The largest absolute Gasteiger partial charge is 0.497 e. The number of rotatable bonds is 7. The number of nitrogens with one attached hydrogen (secondary N) is 2. The Hall–Kier alpha value is -2.59. The van der Waals surface area contributed by atoms with Crippen LogP contribution in [0.5, 0.6) is 5.75 Å². The topological polar surface area (TPSA) is 120 Å². The number of carbonyl (C=O) groups is 1. The van der Waals surface area contributed by atoms with Crippen LogP contribution in [0, 0.1) is 0 Å². The van der Waals surface area contributed by atoms with Gasteiger partial charge in [-0.25, -0.2) is 4.79 Å². The molecule has 0 unspecified atom stereocenters. The lowest BCUT2D eigenvalue weighted by atomic mass is 9.80. The van der Waals surface area contributed by atoms with Gasteiger partial charge < -0.3 is 35.3 Å². The Morgan fingerprint density at radius 1 is 1.14 bits per heavy atom. The smallest absolute Gasteiger partial charge is 0.488 e. The van der Waals surface area contributed by atoms with E-state index < -0.39 is 25.4 Å². The van der Waals surface area contributed by atoms with Crippen molar-refractivity contribution in [2.75, 3.05) is 13.7 Å². The number of hydrogen-bond donors (Lipinski definition) is 5. The Labute approximate surface area is 169 Å². The molecule has 0 spiro atoms. The fraction of sp³-hybridized carbons (Fsp3) is 0.350. The van der Waals surface area contributed by atoms with E-state index in [2.05, 4.69) is 10.6 Å². The lowest BCUT2D eigenvalue weighted by Gasteiger charge is -2.22. The highest BCUT2D eigenvalue weighted by Gasteiger charge is 2.37. The van der Waals surface area contributed by atoms with Crippen molar-refractivity contribution < 1.29 is 29.4 Å². The Kier molecular flexibility index (Phi) is 7.11. The highest BCUT2D eigenvalue weighted by molar-refractivity contribution is 6.58. The lowest BCUT2D eigenvalue weighted by Crippen LogP contribution is -2.41. The van der Waals surface area contributed by atoms with E-state index in [1.807, 2.05) is 24.3 Å². The Bertz CT molecular complexity index is 800. The average molecular weight is 400 g/mol. The van der Waals surface area contributed by atoms with Gasteiger partial charge in [-0.15, -0.1) is 0 Å². The number of amides is 1. The summed E-state index contributed by atoms with van der Waals surface area (Å²) in [5.74, 6) is 0.766. The summed E-state index contributed by atoms with van der Waals surface area (Å²) in [5.41, 5.74) is 2.20. The zero-order valence-corrected chi connectivity index (χ0v) is 16.1. The quantitative estimate of drug-likeness (QED) is 0.399. The maximum absolute atomic E-state index is 12.2. The predicted molar refractivity (Wildman–Crippen MR) is 108 cm³/mol. The molecule has 0 saturated carbocycles. The molecule has 1 saturated heterocycles. The van der Waals surface area contributed by atoms with Crippen LogP contribution < -0.4 is 20.8 Å². The monoisotopic (exact) mass is 400 g/mol. The molecule has 2 aromatic rings. The van der Waals surface area contributed by atoms with Crippen LogP contribution >= 0.6 is 0 Å². The van der Waals surface area contributed by atoms with Gasteiger partial charge in [-0.3, -0.25) is 0 Å². The van der Waals surface area contributed by atoms with E-state index in [1.165, 1.54) is 0 Å².